The third kappa shape index (κ3) is 3.62. The lowest BCUT2D eigenvalue weighted by molar-refractivity contribution is -0.384. The van der Waals surface area contributed by atoms with E-state index in [1.165, 1.54) is 17.3 Å². The Hall–Kier alpha value is -2.69. The number of hydrogen-bond acceptors (Lipinski definition) is 6. The van der Waals surface area contributed by atoms with Crippen molar-refractivity contribution >= 4 is 22.3 Å². The molecular weight excluding hydrogens is 355 g/mol. The van der Waals surface area contributed by atoms with Crippen molar-refractivity contribution in [2.75, 3.05) is 31.1 Å². The highest BCUT2D eigenvalue weighted by molar-refractivity contribution is 5.87. The van der Waals surface area contributed by atoms with Crippen LogP contribution >= 0.6 is 0 Å². The summed E-state index contributed by atoms with van der Waals surface area (Å²) in [5.41, 5.74) is -0.223. The fourth-order valence-corrected chi connectivity index (χ4v) is 3.17. The van der Waals surface area contributed by atoms with Gasteiger partial charge in [-0.1, -0.05) is 0 Å². The van der Waals surface area contributed by atoms with E-state index in [1.807, 2.05) is 0 Å². The molecule has 0 bridgehead atoms. The van der Waals surface area contributed by atoms with Crippen LogP contribution in [-0.4, -0.2) is 58.2 Å². The van der Waals surface area contributed by atoms with Crippen molar-refractivity contribution < 1.29 is 18.1 Å². The van der Waals surface area contributed by atoms with Gasteiger partial charge in [0.05, 0.1) is 28.7 Å². The Labute approximate surface area is 145 Å². The third-order valence-corrected chi connectivity index (χ3v) is 4.42. The minimum absolute atomic E-state index is 0.0895. The Morgan fingerprint density at radius 3 is 2.73 bits per heavy atom. The van der Waals surface area contributed by atoms with Gasteiger partial charge in [0, 0.05) is 31.7 Å². The van der Waals surface area contributed by atoms with Crippen molar-refractivity contribution in [3.05, 3.63) is 38.9 Å². The summed E-state index contributed by atoms with van der Waals surface area (Å²) in [6.07, 6.45) is -3.10. The highest BCUT2D eigenvalue weighted by atomic mass is 19.4. The van der Waals surface area contributed by atoms with Crippen molar-refractivity contribution in [2.24, 2.45) is 0 Å². The van der Waals surface area contributed by atoms with Gasteiger partial charge in [-0.2, -0.15) is 13.2 Å². The largest absolute Gasteiger partial charge is 0.401 e. The first-order valence-corrected chi connectivity index (χ1v) is 7.87. The van der Waals surface area contributed by atoms with Crippen LogP contribution in [0.4, 0.5) is 24.5 Å². The highest BCUT2D eigenvalue weighted by Gasteiger charge is 2.36. The number of alkyl halides is 3. The van der Waals surface area contributed by atoms with Crippen LogP contribution < -0.4 is 10.5 Å². The SMILES string of the molecule is CC1CN(c2cc3nc[nH]c(=O)c3cc2[N+](=O)[O-])CCN1CC(F)(F)F. The van der Waals surface area contributed by atoms with E-state index in [4.69, 9.17) is 0 Å². The van der Waals surface area contributed by atoms with Gasteiger partial charge >= 0.3 is 6.18 Å². The number of nitrogens with zero attached hydrogens (tertiary/aromatic N) is 4. The first-order chi connectivity index (χ1) is 12.2. The topological polar surface area (TPSA) is 95.4 Å². The first kappa shape index (κ1) is 18.1. The molecule has 2 aromatic rings. The summed E-state index contributed by atoms with van der Waals surface area (Å²) >= 11 is 0. The van der Waals surface area contributed by atoms with Crippen LogP contribution in [0, 0.1) is 10.1 Å². The third-order valence-electron chi connectivity index (χ3n) is 4.42. The molecule has 1 saturated heterocycles. The van der Waals surface area contributed by atoms with E-state index in [1.54, 1.807) is 11.8 Å². The molecule has 0 saturated carbocycles. The number of aromatic amines is 1. The second-order valence-corrected chi connectivity index (χ2v) is 6.23. The summed E-state index contributed by atoms with van der Waals surface area (Å²) < 4.78 is 37.9. The summed E-state index contributed by atoms with van der Waals surface area (Å²) in [6, 6.07) is 2.16. The summed E-state index contributed by atoms with van der Waals surface area (Å²) in [7, 11) is 0. The number of rotatable bonds is 3. The lowest BCUT2D eigenvalue weighted by Gasteiger charge is -2.40. The molecule has 11 heteroatoms. The zero-order chi connectivity index (χ0) is 19.1. The number of fused-ring (bicyclic) bond motifs is 1. The van der Waals surface area contributed by atoms with E-state index in [9.17, 15) is 28.1 Å². The zero-order valence-corrected chi connectivity index (χ0v) is 13.8. The quantitative estimate of drug-likeness (QED) is 0.654. The van der Waals surface area contributed by atoms with Crippen LogP contribution in [-0.2, 0) is 0 Å². The van der Waals surface area contributed by atoms with Gasteiger partial charge < -0.3 is 9.88 Å². The van der Waals surface area contributed by atoms with Gasteiger partial charge in [-0.05, 0) is 13.0 Å². The number of aromatic nitrogens is 2. The minimum atomic E-state index is -4.30. The molecule has 1 aliphatic rings. The first-order valence-electron chi connectivity index (χ1n) is 7.87. The highest BCUT2D eigenvalue weighted by Crippen LogP contribution is 2.33. The number of benzene rings is 1. The molecule has 0 radical (unpaired) electrons. The Balaban J connectivity index is 1.94. The van der Waals surface area contributed by atoms with Crippen molar-refractivity contribution in [3.63, 3.8) is 0 Å². The monoisotopic (exact) mass is 371 g/mol. The summed E-state index contributed by atoms with van der Waals surface area (Å²) in [5, 5.41) is 11.5. The Bertz CT molecular complexity index is 898. The number of hydrogen-bond donors (Lipinski definition) is 1. The number of anilines is 1. The molecule has 1 aliphatic heterocycles. The maximum Gasteiger partial charge on any atom is 0.401 e. The molecule has 1 N–H and O–H groups in total. The van der Waals surface area contributed by atoms with Crippen LogP contribution in [0.25, 0.3) is 10.9 Å². The second kappa shape index (κ2) is 6.56. The molecular formula is C15H16F3N5O3. The van der Waals surface area contributed by atoms with Gasteiger partial charge in [-0.25, -0.2) is 4.98 Å². The molecule has 1 atom stereocenters. The molecule has 3 rings (SSSR count). The number of nitro groups is 1. The number of H-pyrrole nitrogens is 1. The molecule has 1 unspecified atom stereocenters. The summed E-state index contributed by atoms with van der Waals surface area (Å²) in [4.78, 5) is 32.0. The van der Waals surface area contributed by atoms with E-state index >= 15 is 0 Å². The number of piperazine rings is 1. The average Bonchev–Trinajstić information content (AvgIpc) is 2.55. The molecule has 26 heavy (non-hydrogen) atoms. The maximum absolute atomic E-state index is 12.6. The molecule has 2 heterocycles. The Morgan fingerprint density at radius 1 is 1.38 bits per heavy atom. The molecule has 0 spiro atoms. The van der Waals surface area contributed by atoms with E-state index < -0.39 is 29.2 Å². The van der Waals surface area contributed by atoms with Gasteiger partial charge in [0.2, 0.25) is 0 Å². The van der Waals surface area contributed by atoms with E-state index in [0.717, 1.165) is 6.07 Å². The average molecular weight is 371 g/mol. The predicted molar refractivity (Wildman–Crippen MR) is 88.3 cm³/mol. The normalized spacial score (nSPS) is 19.1. The number of halogens is 3. The Morgan fingerprint density at radius 2 is 2.12 bits per heavy atom. The van der Waals surface area contributed by atoms with Crippen LogP contribution in [0.3, 0.4) is 0 Å². The lowest BCUT2D eigenvalue weighted by atomic mass is 10.1. The van der Waals surface area contributed by atoms with Crippen molar-refractivity contribution in [1.82, 2.24) is 14.9 Å². The smallest absolute Gasteiger partial charge is 0.363 e. The number of nitro benzene ring substituents is 1. The number of nitrogens with one attached hydrogen (secondary N) is 1. The molecule has 1 aromatic carbocycles. The summed E-state index contributed by atoms with van der Waals surface area (Å²) in [6.45, 7) is 1.16. The zero-order valence-electron chi connectivity index (χ0n) is 13.8. The van der Waals surface area contributed by atoms with Gasteiger partial charge in [-0.15, -0.1) is 0 Å². The molecule has 8 nitrogen and oxygen atoms in total. The molecule has 1 aromatic heterocycles. The second-order valence-electron chi connectivity index (χ2n) is 6.23. The van der Waals surface area contributed by atoms with Crippen LogP contribution in [0.5, 0.6) is 0 Å². The van der Waals surface area contributed by atoms with Crippen LogP contribution in [0.2, 0.25) is 0 Å². The Kier molecular flexibility index (Phi) is 4.57. The van der Waals surface area contributed by atoms with Gasteiger partial charge in [0.15, 0.2) is 0 Å². The lowest BCUT2D eigenvalue weighted by Crippen LogP contribution is -2.54. The standard InChI is InChI=1S/C15H16F3N5O3/c1-9-6-21(2-3-22(9)7-15(16,17)18)12-5-11-10(4-13(12)23(25)26)14(24)20-8-19-11/h4-5,8-9H,2-3,6-7H2,1H3,(H,19,20,24). The van der Waals surface area contributed by atoms with Crippen LogP contribution in [0.15, 0.2) is 23.3 Å². The van der Waals surface area contributed by atoms with Crippen molar-refractivity contribution in [2.45, 2.75) is 19.1 Å². The molecule has 0 aliphatic carbocycles. The fraction of sp³-hybridized carbons (Fsp3) is 0.467. The predicted octanol–water partition coefficient (Wildman–Crippen LogP) is 1.90. The van der Waals surface area contributed by atoms with Crippen molar-refractivity contribution in [3.8, 4) is 0 Å². The van der Waals surface area contributed by atoms with Gasteiger partial charge in [-0.3, -0.25) is 19.8 Å². The van der Waals surface area contributed by atoms with E-state index in [2.05, 4.69) is 9.97 Å². The molecule has 0 amide bonds. The van der Waals surface area contributed by atoms with E-state index in [-0.39, 0.29) is 36.4 Å². The fourth-order valence-electron chi connectivity index (χ4n) is 3.17. The molecule has 1 fully saturated rings. The van der Waals surface area contributed by atoms with Gasteiger partial charge in [0.1, 0.15) is 5.69 Å². The minimum Gasteiger partial charge on any atom is -0.363 e. The maximum atomic E-state index is 12.6. The molecule has 140 valence electrons. The summed E-state index contributed by atoms with van der Waals surface area (Å²) in [5.74, 6) is 0. The van der Waals surface area contributed by atoms with Crippen LogP contribution in [0.1, 0.15) is 6.92 Å². The van der Waals surface area contributed by atoms with Crippen molar-refractivity contribution in [1.29, 1.82) is 0 Å². The van der Waals surface area contributed by atoms with E-state index in [0.29, 0.717) is 5.52 Å². The van der Waals surface area contributed by atoms with Gasteiger partial charge in [0.25, 0.3) is 11.2 Å².